The summed E-state index contributed by atoms with van der Waals surface area (Å²) in [6.07, 6.45) is 0.962. The van der Waals surface area contributed by atoms with E-state index < -0.39 is 5.77 Å². The van der Waals surface area contributed by atoms with Crippen LogP contribution in [0.2, 0.25) is 0 Å². The van der Waals surface area contributed by atoms with Crippen LogP contribution >= 0.6 is 28.5 Å². The maximum atomic E-state index is 12.9. The smallest absolute Gasteiger partial charge is 0.313 e. The van der Waals surface area contributed by atoms with Crippen molar-refractivity contribution in [2.45, 2.75) is 52.0 Å². The topological polar surface area (TPSA) is 61.3 Å². The Bertz CT molecular complexity index is 517. The van der Waals surface area contributed by atoms with Crippen molar-refractivity contribution in [3.8, 4) is 5.88 Å². The third-order valence-electron chi connectivity index (χ3n) is 2.70. The van der Waals surface area contributed by atoms with Gasteiger partial charge in [0.2, 0.25) is 5.88 Å². The molecule has 0 amide bonds. The van der Waals surface area contributed by atoms with Crippen molar-refractivity contribution >= 4 is 28.5 Å². The lowest BCUT2D eigenvalue weighted by molar-refractivity contribution is 0.325. The molecule has 1 rings (SSSR count). The summed E-state index contributed by atoms with van der Waals surface area (Å²) in [4.78, 5) is 8.60. The van der Waals surface area contributed by atoms with Crippen LogP contribution in [0.5, 0.6) is 5.88 Å². The van der Waals surface area contributed by atoms with Gasteiger partial charge in [-0.3, -0.25) is 4.57 Å². The predicted molar refractivity (Wildman–Crippen MR) is 95.8 cm³/mol. The van der Waals surface area contributed by atoms with Crippen molar-refractivity contribution in [2.24, 2.45) is 0 Å². The average molecular weight is 364 g/mol. The molecule has 1 aromatic heterocycles. The summed E-state index contributed by atoms with van der Waals surface area (Å²) in [5.74, 6) is -1.04. The van der Waals surface area contributed by atoms with E-state index in [1.807, 2.05) is 20.8 Å². The van der Waals surface area contributed by atoms with Gasteiger partial charge in [-0.25, -0.2) is 4.98 Å². The van der Waals surface area contributed by atoms with Crippen LogP contribution < -0.4 is 4.74 Å². The summed E-state index contributed by atoms with van der Waals surface area (Å²) >= 11 is 2.76. The monoisotopic (exact) mass is 364 g/mol. The van der Waals surface area contributed by atoms with Crippen molar-refractivity contribution < 1.29 is 13.8 Å². The van der Waals surface area contributed by atoms with E-state index in [1.165, 1.54) is 22.8 Å². The van der Waals surface area contributed by atoms with Gasteiger partial charge in [-0.2, -0.15) is 4.98 Å². The number of hydrogen-bond acceptors (Lipinski definition) is 7. The van der Waals surface area contributed by atoms with E-state index in [0.717, 1.165) is 12.1 Å². The second-order valence-corrected chi connectivity index (χ2v) is 12.3. The zero-order chi connectivity index (χ0) is 16.6. The Balaban J connectivity index is 2.78. The number of nitrogens with zero attached hydrogens (tertiary/aromatic N) is 2. The highest BCUT2D eigenvalue weighted by Crippen LogP contribution is 2.71. The van der Waals surface area contributed by atoms with Gasteiger partial charge in [0.05, 0.1) is 18.9 Å². The average Bonchev–Trinajstić information content (AvgIpc) is 2.45. The zero-order valence-corrected chi connectivity index (χ0v) is 16.4. The molecule has 22 heavy (non-hydrogen) atoms. The molecule has 0 aliphatic rings. The minimum atomic E-state index is -2.77. The fourth-order valence-corrected chi connectivity index (χ4v) is 9.34. The van der Waals surface area contributed by atoms with Crippen LogP contribution in [0.1, 0.15) is 45.6 Å². The number of aromatic nitrogens is 2. The third kappa shape index (κ3) is 6.90. The first kappa shape index (κ1) is 19.8. The Morgan fingerprint density at radius 2 is 2.00 bits per heavy atom. The molecule has 2 atom stereocenters. The molecule has 0 aromatic carbocycles. The number of ether oxygens (including phenoxy) is 1. The second kappa shape index (κ2) is 9.81. The Kier molecular flexibility index (Phi) is 8.83. The van der Waals surface area contributed by atoms with Crippen molar-refractivity contribution in [2.75, 3.05) is 13.2 Å². The molecule has 0 aliphatic carbocycles. The molecule has 2 unspecified atom stereocenters. The predicted octanol–water partition coefficient (Wildman–Crippen LogP) is 5.09. The van der Waals surface area contributed by atoms with E-state index >= 15 is 0 Å². The van der Waals surface area contributed by atoms with E-state index in [1.54, 1.807) is 6.07 Å². The van der Waals surface area contributed by atoms with E-state index in [-0.39, 0.29) is 0 Å². The van der Waals surface area contributed by atoms with Crippen molar-refractivity contribution in [1.82, 2.24) is 9.97 Å². The van der Waals surface area contributed by atoms with Crippen molar-refractivity contribution in [3.63, 3.8) is 0 Å². The van der Waals surface area contributed by atoms with Crippen LogP contribution in [-0.2, 0) is 14.8 Å². The summed E-state index contributed by atoms with van der Waals surface area (Å²) in [6, 6.07) is 1.80. The molecular formula is C14H25N2O3PS2. The van der Waals surface area contributed by atoms with Gasteiger partial charge in [-0.1, -0.05) is 36.6 Å². The normalized spacial score (nSPS) is 15.3. The Hall–Kier alpha value is -0.230. The van der Waals surface area contributed by atoms with E-state index in [4.69, 9.17) is 9.26 Å². The molecule has 0 saturated heterocycles. The number of hydrogen-bond donors (Lipinski definition) is 0. The van der Waals surface area contributed by atoms with Gasteiger partial charge in [0.15, 0.2) is 0 Å². The van der Waals surface area contributed by atoms with Gasteiger partial charge in [-0.15, -0.1) is 0 Å². The minimum Gasteiger partial charge on any atom is -0.478 e. The lowest BCUT2D eigenvalue weighted by Gasteiger charge is -2.19. The van der Waals surface area contributed by atoms with Crippen LogP contribution in [0.3, 0.4) is 0 Å². The lowest BCUT2D eigenvalue weighted by Crippen LogP contribution is -2.00. The molecule has 1 heterocycles. The van der Waals surface area contributed by atoms with Crippen molar-refractivity contribution in [3.05, 3.63) is 17.6 Å². The molecule has 1 aromatic rings. The highest BCUT2D eigenvalue weighted by atomic mass is 33.1. The first-order chi connectivity index (χ1) is 10.4. The molecule has 5 nitrogen and oxygen atoms in total. The van der Waals surface area contributed by atoms with Gasteiger partial charge in [0, 0.05) is 17.1 Å². The fourth-order valence-electron chi connectivity index (χ4n) is 1.59. The molecule has 0 spiro atoms. The van der Waals surface area contributed by atoms with Gasteiger partial charge in [0.1, 0.15) is 5.82 Å². The highest BCUT2D eigenvalue weighted by Gasteiger charge is 2.27. The van der Waals surface area contributed by atoms with E-state index in [9.17, 15) is 4.57 Å². The number of aryl methyl sites for hydroxylation is 1. The summed E-state index contributed by atoms with van der Waals surface area (Å²) in [7, 11) is 0. The molecule has 0 saturated carbocycles. The molecule has 0 fully saturated rings. The standard InChI is InChI=1S/C14H25N2O3PS2/c1-6-11(4)22-20(17,19-8-3)21-10-13-9-14(18-7-2)16-12(5)15-13/h9,11H,6-8,10H2,1-5H3. The Morgan fingerprint density at radius 3 is 2.59 bits per heavy atom. The summed E-state index contributed by atoms with van der Waals surface area (Å²) in [5.41, 5.74) is 0.811. The molecule has 8 heteroatoms. The first-order valence-corrected chi connectivity index (χ1v) is 12.2. The van der Waals surface area contributed by atoms with Crippen LogP contribution in [0, 0.1) is 6.92 Å². The first-order valence-electron chi connectivity index (χ1n) is 7.47. The van der Waals surface area contributed by atoms with Crippen LogP contribution in [0.25, 0.3) is 0 Å². The number of rotatable bonds is 10. The Morgan fingerprint density at radius 1 is 1.27 bits per heavy atom. The van der Waals surface area contributed by atoms with E-state index in [2.05, 4.69) is 23.8 Å². The fraction of sp³-hybridized carbons (Fsp3) is 0.714. The van der Waals surface area contributed by atoms with E-state index in [0.29, 0.717) is 35.9 Å². The molecule has 0 N–H and O–H groups in total. The summed E-state index contributed by atoms with van der Waals surface area (Å²) in [6.45, 7) is 10.8. The molecule has 0 radical (unpaired) electrons. The maximum absolute atomic E-state index is 12.9. The van der Waals surface area contributed by atoms with Gasteiger partial charge in [-0.05, 0) is 27.2 Å². The molecule has 126 valence electrons. The molecule has 0 bridgehead atoms. The lowest BCUT2D eigenvalue weighted by atomic mass is 10.4. The minimum absolute atomic E-state index is 0.302. The third-order valence-corrected chi connectivity index (χ3v) is 10.5. The van der Waals surface area contributed by atoms with Gasteiger partial charge in [0.25, 0.3) is 0 Å². The largest absolute Gasteiger partial charge is 0.478 e. The second-order valence-electron chi connectivity index (χ2n) is 4.64. The quantitative estimate of drug-likeness (QED) is 0.536. The van der Waals surface area contributed by atoms with Crippen molar-refractivity contribution in [1.29, 1.82) is 0 Å². The summed E-state index contributed by atoms with van der Waals surface area (Å²) in [5, 5.41) is 0.302. The Labute approximate surface area is 141 Å². The van der Waals surface area contributed by atoms with Crippen LogP contribution in [0.4, 0.5) is 0 Å². The van der Waals surface area contributed by atoms with Gasteiger partial charge >= 0.3 is 5.77 Å². The summed E-state index contributed by atoms with van der Waals surface area (Å²) < 4.78 is 23.8. The molecular weight excluding hydrogens is 339 g/mol. The SMILES string of the molecule is CCOc1cc(CSP(=O)(OCC)SC(C)CC)nc(C)n1. The maximum Gasteiger partial charge on any atom is 0.313 e. The highest BCUT2D eigenvalue weighted by molar-refractivity contribution is 8.89. The van der Waals surface area contributed by atoms with Crippen LogP contribution in [-0.4, -0.2) is 28.4 Å². The van der Waals surface area contributed by atoms with Gasteiger partial charge < -0.3 is 9.26 Å². The molecule has 0 aliphatic heterocycles. The van der Waals surface area contributed by atoms with Crippen LogP contribution in [0.15, 0.2) is 6.07 Å². The zero-order valence-electron chi connectivity index (χ0n) is 13.9.